The highest BCUT2D eigenvalue weighted by atomic mass is 32.2. The summed E-state index contributed by atoms with van der Waals surface area (Å²) in [5.41, 5.74) is 2.89. The van der Waals surface area contributed by atoms with E-state index in [1.54, 1.807) is 28.7 Å². The van der Waals surface area contributed by atoms with Crippen molar-refractivity contribution in [1.82, 2.24) is 14.3 Å². The second-order valence-corrected chi connectivity index (χ2v) is 10.8. The van der Waals surface area contributed by atoms with E-state index in [2.05, 4.69) is 21.9 Å². The van der Waals surface area contributed by atoms with E-state index in [0.29, 0.717) is 45.9 Å². The molecule has 192 valence electrons. The Morgan fingerprint density at radius 2 is 1.76 bits per heavy atom. The van der Waals surface area contributed by atoms with Crippen molar-refractivity contribution < 1.29 is 9.53 Å². The lowest BCUT2D eigenvalue weighted by molar-refractivity contribution is -0.122. The van der Waals surface area contributed by atoms with Gasteiger partial charge in [0.1, 0.15) is 21.5 Å². The number of rotatable bonds is 6. The molecule has 37 heavy (non-hydrogen) atoms. The van der Waals surface area contributed by atoms with Crippen molar-refractivity contribution in [2.24, 2.45) is 0 Å². The van der Waals surface area contributed by atoms with E-state index >= 15 is 0 Å². The molecule has 8 nitrogen and oxygen atoms in total. The van der Waals surface area contributed by atoms with Crippen LogP contribution in [0.5, 0.6) is 5.75 Å². The molecule has 2 aromatic heterocycles. The molecule has 1 amide bonds. The SMILES string of the molecule is CCCN1C(=O)/C(=C/c2c(N3CCN(c4ccc(OC)cc4)CC3)nc3ccc(C)cn3c2=O)SC1=S. The van der Waals surface area contributed by atoms with E-state index in [-0.39, 0.29) is 11.5 Å². The molecule has 0 unspecified atom stereocenters. The summed E-state index contributed by atoms with van der Waals surface area (Å²) in [6, 6.07) is 11.8. The number of benzene rings is 1. The summed E-state index contributed by atoms with van der Waals surface area (Å²) < 4.78 is 7.36. The Balaban J connectivity index is 1.50. The second-order valence-electron chi connectivity index (χ2n) is 9.09. The lowest BCUT2D eigenvalue weighted by atomic mass is 10.2. The number of ether oxygens (including phenoxy) is 1. The van der Waals surface area contributed by atoms with E-state index in [1.807, 2.05) is 38.1 Å². The van der Waals surface area contributed by atoms with Gasteiger partial charge in [-0.05, 0) is 55.3 Å². The molecule has 0 saturated carbocycles. The summed E-state index contributed by atoms with van der Waals surface area (Å²) in [5, 5.41) is 0. The largest absolute Gasteiger partial charge is 0.497 e. The third-order valence-corrected chi connectivity index (χ3v) is 7.98. The number of nitrogens with zero attached hydrogens (tertiary/aromatic N) is 5. The number of amides is 1. The number of fused-ring (bicyclic) bond motifs is 1. The Morgan fingerprint density at radius 3 is 2.43 bits per heavy atom. The molecule has 4 heterocycles. The highest BCUT2D eigenvalue weighted by molar-refractivity contribution is 8.26. The molecule has 0 aliphatic carbocycles. The third-order valence-electron chi connectivity index (χ3n) is 6.60. The zero-order valence-corrected chi connectivity index (χ0v) is 22.8. The average molecular weight is 536 g/mol. The van der Waals surface area contributed by atoms with Gasteiger partial charge < -0.3 is 14.5 Å². The lowest BCUT2D eigenvalue weighted by Crippen LogP contribution is -2.47. The number of aryl methyl sites for hydroxylation is 1. The van der Waals surface area contributed by atoms with E-state index in [0.717, 1.165) is 36.5 Å². The van der Waals surface area contributed by atoms with Crippen LogP contribution in [0, 0.1) is 6.92 Å². The number of aromatic nitrogens is 2. The molecule has 2 aliphatic heterocycles. The van der Waals surface area contributed by atoms with E-state index in [9.17, 15) is 9.59 Å². The minimum absolute atomic E-state index is 0.152. The summed E-state index contributed by atoms with van der Waals surface area (Å²) in [6.45, 7) is 7.45. The average Bonchev–Trinajstić information content (AvgIpc) is 3.18. The van der Waals surface area contributed by atoms with Gasteiger partial charge in [-0.2, -0.15) is 0 Å². The first kappa shape index (κ1) is 25.3. The van der Waals surface area contributed by atoms with Gasteiger partial charge in [0, 0.05) is 44.6 Å². The van der Waals surface area contributed by atoms with Crippen LogP contribution in [0.2, 0.25) is 0 Å². The molecule has 10 heteroatoms. The number of hydrogen-bond donors (Lipinski definition) is 0. The first-order chi connectivity index (χ1) is 17.9. The highest BCUT2D eigenvalue weighted by Crippen LogP contribution is 2.34. The molecule has 0 atom stereocenters. The van der Waals surface area contributed by atoms with Crippen LogP contribution in [0.1, 0.15) is 24.5 Å². The molecule has 2 saturated heterocycles. The van der Waals surface area contributed by atoms with Crippen molar-refractivity contribution in [3.8, 4) is 5.75 Å². The van der Waals surface area contributed by atoms with Crippen molar-refractivity contribution in [3.05, 3.63) is 69.0 Å². The van der Waals surface area contributed by atoms with Crippen molar-refractivity contribution in [3.63, 3.8) is 0 Å². The first-order valence-corrected chi connectivity index (χ1v) is 13.5. The maximum absolute atomic E-state index is 13.7. The fourth-order valence-electron chi connectivity index (χ4n) is 4.63. The van der Waals surface area contributed by atoms with Crippen LogP contribution in [-0.2, 0) is 4.79 Å². The fraction of sp³-hybridized carbons (Fsp3) is 0.333. The summed E-state index contributed by atoms with van der Waals surface area (Å²) in [7, 11) is 1.66. The molecule has 3 aromatic rings. The predicted molar refractivity (Wildman–Crippen MR) is 154 cm³/mol. The van der Waals surface area contributed by atoms with Gasteiger partial charge >= 0.3 is 0 Å². The van der Waals surface area contributed by atoms with Gasteiger partial charge in [0.05, 0.1) is 17.6 Å². The monoisotopic (exact) mass is 535 g/mol. The molecule has 0 radical (unpaired) electrons. The van der Waals surface area contributed by atoms with Gasteiger partial charge in [-0.1, -0.05) is 37.0 Å². The van der Waals surface area contributed by atoms with Gasteiger partial charge in [-0.25, -0.2) is 4.98 Å². The Morgan fingerprint density at radius 1 is 1.05 bits per heavy atom. The molecular weight excluding hydrogens is 506 g/mol. The lowest BCUT2D eigenvalue weighted by Gasteiger charge is -2.37. The van der Waals surface area contributed by atoms with Gasteiger partial charge in [0.2, 0.25) is 0 Å². The first-order valence-electron chi connectivity index (χ1n) is 12.3. The highest BCUT2D eigenvalue weighted by Gasteiger charge is 2.32. The van der Waals surface area contributed by atoms with Crippen molar-refractivity contribution in [1.29, 1.82) is 0 Å². The molecule has 2 fully saturated rings. The normalized spacial score (nSPS) is 17.4. The summed E-state index contributed by atoms with van der Waals surface area (Å²) in [4.78, 5) is 38.2. The number of pyridine rings is 1. The minimum atomic E-state index is -0.193. The quantitative estimate of drug-likeness (QED) is 0.347. The second kappa shape index (κ2) is 10.5. The minimum Gasteiger partial charge on any atom is -0.497 e. The van der Waals surface area contributed by atoms with Gasteiger partial charge in [0.25, 0.3) is 11.5 Å². The number of anilines is 2. The predicted octanol–water partition coefficient (Wildman–Crippen LogP) is 3.95. The van der Waals surface area contributed by atoms with Crippen molar-refractivity contribution in [2.45, 2.75) is 20.3 Å². The van der Waals surface area contributed by atoms with Gasteiger partial charge in [-0.15, -0.1) is 0 Å². The molecule has 0 spiro atoms. The van der Waals surface area contributed by atoms with Crippen LogP contribution < -0.4 is 20.1 Å². The van der Waals surface area contributed by atoms with Crippen LogP contribution in [0.15, 0.2) is 52.3 Å². The standard InChI is InChI=1S/C27H29N5O3S2/c1-4-11-31-26(34)22(37-27(31)36)16-21-24(28-23-10-5-18(2)17-32(23)25(21)33)30-14-12-29(13-15-30)19-6-8-20(35-3)9-7-19/h5-10,16-17H,4,11-15H2,1-3H3/b22-16-. The zero-order chi connectivity index (χ0) is 26.1. The number of hydrogen-bond acceptors (Lipinski definition) is 8. The fourth-order valence-corrected chi connectivity index (χ4v) is 5.92. The summed E-state index contributed by atoms with van der Waals surface area (Å²) in [5.74, 6) is 1.28. The number of thioether (sulfide) groups is 1. The van der Waals surface area contributed by atoms with Crippen LogP contribution in [0.25, 0.3) is 11.7 Å². The van der Waals surface area contributed by atoms with Crippen LogP contribution in [0.3, 0.4) is 0 Å². The Bertz CT molecular complexity index is 1440. The Kier molecular flexibility index (Phi) is 7.21. The maximum Gasteiger partial charge on any atom is 0.267 e. The molecule has 5 rings (SSSR count). The van der Waals surface area contributed by atoms with Crippen LogP contribution in [-0.4, -0.2) is 64.3 Å². The number of piperazine rings is 1. The molecule has 1 aromatic carbocycles. The van der Waals surface area contributed by atoms with E-state index < -0.39 is 0 Å². The maximum atomic E-state index is 13.7. The number of methoxy groups -OCH3 is 1. The van der Waals surface area contributed by atoms with Gasteiger partial charge in [-0.3, -0.25) is 18.9 Å². The van der Waals surface area contributed by atoms with Crippen LogP contribution >= 0.6 is 24.0 Å². The molecular formula is C27H29N5O3S2. The Hall–Kier alpha value is -3.37. The summed E-state index contributed by atoms with van der Waals surface area (Å²) in [6.07, 6.45) is 4.28. The van der Waals surface area contributed by atoms with Crippen molar-refractivity contribution >= 4 is 57.4 Å². The summed E-state index contributed by atoms with van der Waals surface area (Å²) >= 11 is 6.69. The van der Waals surface area contributed by atoms with E-state index in [1.165, 1.54) is 11.8 Å². The third kappa shape index (κ3) is 4.95. The van der Waals surface area contributed by atoms with Gasteiger partial charge in [0.15, 0.2) is 0 Å². The van der Waals surface area contributed by atoms with Crippen molar-refractivity contribution in [2.75, 3.05) is 49.6 Å². The smallest absolute Gasteiger partial charge is 0.267 e. The number of carbonyl (C=O) groups excluding carboxylic acids is 1. The molecule has 0 bridgehead atoms. The topological polar surface area (TPSA) is 70.4 Å². The molecule has 2 aliphatic rings. The van der Waals surface area contributed by atoms with Crippen LogP contribution in [0.4, 0.5) is 11.5 Å². The molecule has 0 N–H and O–H groups in total. The van der Waals surface area contributed by atoms with E-state index in [4.69, 9.17) is 21.9 Å². The zero-order valence-electron chi connectivity index (χ0n) is 21.1. The number of thiocarbonyl (C=S) groups is 1. The Labute approximate surface area is 225 Å². The number of carbonyl (C=O) groups is 1.